The van der Waals surface area contributed by atoms with Crippen molar-refractivity contribution in [3.63, 3.8) is 0 Å². The van der Waals surface area contributed by atoms with Crippen LogP contribution in [0, 0.1) is 5.82 Å². The number of guanidine groups is 1. The van der Waals surface area contributed by atoms with Crippen molar-refractivity contribution < 1.29 is 9.13 Å². The Balaban J connectivity index is 0.00000450. The molecule has 1 aliphatic rings. The van der Waals surface area contributed by atoms with Crippen LogP contribution < -0.4 is 15.4 Å². The van der Waals surface area contributed by atoms with Crippen LogP contribution in [-0.4, -0.2) is 80.8 Å². The lowest BCUT2D eigenvalue weighted by Crippen LogP contribution is -2.46. The lowest BCUT2D eigenvalue weighted by atomic mass is 10.2. The summed E-state index contributed by atoms with van der Waals surface area (Å²) in [6, 6.07) is 6.09. The van der Waals surface area contributed by atoms with E-state index in [4.69, 9.17) is 4.74 Å². The summed E-state index contributed by atoms with van der Waals surface area (Å²) < 4.78 is 18.8. The summed E-state index contributed by atoms with van der Waals surface area (Å²) in [6.07, 6.45) is 2.24. The molecule has 1 aromatic rings. The quantitative estimate of drug-likeness (QED) is 0.197. The third-order valence-electron chi connectivity index (χ3n) is 5.11. The Labute approximate surface area is 198 Å². The smallest absolute Gasteiger partial charge is 0.191 e. The molecule has 172 valence electrons. The van der Waals surface area contributed by atoms with Crippen LogP contribution >= 0.6 is 24.0 Å². The summed E-state index contributed by atoms with van der Waals surface area (Å²) in [4.78, 5) is 9.69. The van der Waals surface area contributed by atoms with Crippen LogP contribution in [0.2, 0.25) is 0 Å². The molecule has 8 heteroatoms. The van der Waals surface area contributed by atoms with Gasteiger partial charge in [-0.3, -0.25) is 0 Å². The van der Waals surface area contributed by atoms with Crippen LogP contribution in [0.1, 0.15) is 33.6 Å². The van der Waals surface area contributed by atoms with Gasteiger partial charge in [0.2, 0.25) is 0 Å². The van der Waals surface area contributed by atoms with Gasteiger partial charge < -0.3 is 25.2 Å². The van der Waals surface area contributed by atoms with E-state index in [1.807, 2.05) is 6.92 Å². The zero-order chi connectivity index (χ0) is 20.9. The highest BCUT2D eigenvalue weighted by molar-refractivity contribution is 14.0. The zero-order valence-corrected chi connectivity index (χ0v) is 21.0. The highest BCUT2D eigenvalue weighted by atomic mass is 127. The Morgan fingerprint density at radius 2 is 1.73 bits per heavy atom. The number of nitrogens with one attached hydrogen (secondary N) is 2. The fraction of sp³-hybridized carbons (Fsp3) is 0.682. The van der Waals surface area contributed by atoms with Gasteiger partial charge in [0.1, 0.15) is 17.7 Å². The van der Waals surface area contributed by atoms with Gasteiger partial charge in [0.15, 0.2) is 5.96 Å². The van der Waals surface area contributed by atoms with Gasteiger partial charge in [0, 0.05) is 39.3 Å². The van der Waals surface area contributed by atoms with Crippen molar-refractivity contribution >= 4 is 29.9 Å². The Bertz CT molecular complexity index is 594. The monoisotopic (exact) mass is 535 g/mol. The van der Waals surface area contributed by atoms with Crippen molar-refractivity contribution in [3.05, 3.63) is 30.1 Å². The first-order valence-electron chi connectivity index (χ1n) is 11.0. The Hall–Kier alpha value is -1.13. The minimum Gasteiger partial charge on any atom is -0.489 e. The number of aliphatic imine (C=N–C) groups is 1. The van der Waals surface area contributed by atoms with Gasteiger partial charge in [-0.05, 0) is 64.0 Å². The lowest BCUT2D eigenvalue weighted by molar-refractivity contribution is 0.136. The molecule has 0 aliphatic carbocycles. The highest BCUT2D eigenvalue weighted by Crippen LogP contribution is 2.13. The van der Waals surface area contributed by atoms with Crippen LogP contribution in [0.15, 0.2) is 29.3 Å². The first-order chi connectivity index (χ1) is 14.1. The molecule has 2 N–H and O–H groups in total. The fourth-order valence-corrected chi connectivity index (χ4v) is 3.34. The third kappa shape index (κ3) is 10.8. The number of ether oxygens (including phenoxy) is 1. The highest BCUT2D eigenvalue weighted by Gasteiger charge is 2.14. The third-order valence-corrected chi connectivity index (χ3v) is 5.11. The largest absolute Gasteiger partial charge is 0.489 e. The Kier molecular flexibility index (Phi) is 14.0. The number of nitrogens with zero attached hydrogens (tertiary/aromatic N) is 3. The second kappa shape index (κ2) is 15.6. The molecule has 1 atom stereocenters. The number of benzene rings is 1. The minimum atomic E-state index is -0.259. The number of halogens is 2. The average Bonchev–Trinajstić information content (AvgIpc) is 2.74. The summed E-state index contributed by atoms with van der Waals surface area (Å²) in [5.41, 5.74) is 0. The first-order valence-corrected chi connectivity index (χ1v) is 11.0. The maximum absolute atomic E-state index is 13.0. The topological polar surface area (TPSA) is 52.1 Å². The molecule has 30 heavy (non-hydrogen) atoms. The average molecular weight is 535 g/mol. The minimum absolute atomic E-state index is 0. The molecule has 0 saturated carbocycles. The van der Waals surface area contributed by atoms with Gasteiger partial charge in [0.25, 0.3) is 0 Å². The molecule has 2 rings (SSSR count). The van der Waals surface area contributed by atoms with Gasteiger partial charge in [-0.1, -0.05) is 6.92 Å². The van der Waals surface area contributed by atoms with E-state index in [1.165, 1.54) is 51.3 Å². The normalized spacial score (nSPS) is 16.6. The van der Waals surface area contributed by atoms with E-state index in [-0.39, 0.29) is 35.9 Å². The molecular weight excluding hydrogens is 496 g/mol. The molecule has 0 bridgehead atoms. The zero-order valence-electron chi connectivity index (χ0n) is 18.7. The fourth-order valence-electron chi connectivity index (χ4n) is 3.34. The maximum atomic E-state index is 13.0. The second-order valence-corrected chi connectivity index (χ2v) is 7.51. The molecule has 1 fully saturated rings. The predicted molar refractivity (Wildman–Crippen MR) is 134 cm³/mol. The maximum Gasteiger partial charge on any atom is 0.191 e. The number of likely N-dealkylation sites (N-methyl/N-ethyl adjacent to an activating group) is 1. The number of unbranched alkanes of at least 4 members (excludes halogenated alkanes) is 1. The summed E-state index contributed by atoms with van der Waals surface area (Å²) >= 11 is 0. The van der Waals surface area contributed by atoms with Crippen molar-refractivity contribution in [2.45, 2.75) is 39.7 Å². The van der Waals surface area contributed by atoms with E-state index >= 15 is 0 Å². The molecule has 0 aromatic heterocycles. The first kappa shape index (κ1) is 26.9. The Morgan fingerprint density at radius 3 is 2.37 bits per heavy atom. The van der Waals surface area contributed by atoms with Crippen LogP contribution in [-0.2, 0) is 0 Å². The molecule has 1 heterocycles. The molecule has 1 aliphatic heterocycles. The van der Waals surface area contributed by atoms with Crippen molar-refractivity contribution in [1.82, 2.24) is 20.4 Å². The van der Waals surface area contributed by atoms with Gasteiger partial charge in [-0.15, -0.1) is 24.0 Å². The standard InChI is InChI=1S/C22H38FN5O.HI/c1-4-24-22(26-18-19(3)29-21-10-8-20(23)9-11-21)25-12-6-7-13-28-16-14-27(5-2)15-17-28;/h8-11,19H,4-7,12-18H2,1-3H3,(H2,24,25,26);1H. The molecular formula is C22H39FIN5O. The van der Waals surface area contributed by atoms with Crippen molar-refractivity contribution in [3.8, 4) is 5.75 Å². The van der Waals surface area contributed by atoms with Gasteiger partial charge >= 0.3 is 0 Å². The predicted octanol–water partition coefficient (Wildman–Crippen LogP) is 3.18. The van der Waals surface area contributed by atoms with Crippen LogP contribution in [0.25, 0.3) is 0 Å². The molecule has 6 nitrogen and oxygen atoms in total. The van der Waals surface area contributed by atoms with E-state index in [1.54, 1.807) is 12.1 Å². The molecule has 0 amide bonds. The molecule has 0 radical (unpaired) electrons. The van der Waals surface area contributed by atoms with Gasteiger partial charge in [0.05, 0.1) is 6.54 Å². The number of piperazine rings is 1. The van der Waals surface area contributed by atoms with Crippen LogP contribution in [0.4, 0.5) is 4.39 Å². The van der Waals surface area contributed by atoms with Crippen molar-refractivity contribution in [2.75, 3.05) is 58.9 Å². The summed E-state index contributed by atoms with van der Waals surface area (Å²) in [5.74, 6) is 1.22. The number of hydrogen-bond acceptors (Lipinski definition) is 4. The molecule has 1 unspecified atom stereocenters. The SMILES string of the molecule is CCNC(=NCC(C)Oc1ccc(F)cc1)NCCCCN1CCN(CC)CC1.I. The van der Waals surface area contributed by atoms with Crippen LogP contribution in [0.5, 0.6) is 5.75 Å². The summed E-state index contributed by atoms with van der Waals surface area (Å²) in [5, 5.41) is 6.69. The van der Waals surface area contributed by atoms with E-state index in [9.17, 15) is 4.39 Å². The molecule has 1 aromatic carbocycles. The second-order valence-electron chi connectivity index (χ2n) is 7.51. The van der Waals surface area contributed by atoms with Crippen molar-refractivity contribution in [2.24, 2.45) is 4.99 Å². The van der Waals surface area contributed by atoms with E-state index in [0.717, 1.165) is 32.0 Å². The number of hydrogen-bond donors (Lipinski definition) is 2. The van der Waals surface area contributed by atoms with Gasteiger partial charge in [-0.2, -0.15) is 0 Å². The summed E-state index contributed by atoms with van der Waals surface area (Å²) in [7, 11) is 0. The molecule has 1 saturated heterocycles. The molecule has 0 spiro atoms. The van der Waals surface area contributed by atoms with E-state index < -0.39 is 0 Å². The van der Waals surface area contributed by atoms with E-state index in [0.29, 0.717) is 12.3 Å². The van der Waals surface area contributed by atoms with Crippen molar-refractivity contribution in [1.29, 1.82) is 0 Å². The summed E-state index contributed by atoms with van der Waals surface area (Å²) in [6.45, 7) is 15.7. The lowest BCUT2D eigenvalue weighted by Gasteiger charge is -2.34. The Morgan fingerprint density at radius 1 is 1.07 bits per heavy atom. The van der Waals surface area contributed by atoms with Gasteiger partial charge in [-0.25, -0.2) is 9.38 Å². The number of rotatable bonds is 11. The van der Waals surface area contributed by atoms with E-state index in [2.05, 4.69) is 39.3 Å². The van der Waals surface area contributed by atoms with Crippen LogP contribution in [0.3, 0.4) is 0 Å².